The fourth-order valence-electron chi connectivity index (χ4n) is 2.79. The van der Waals surface area contributed by atoms with E-state index in [9.17, 15) is 17.6 Å². The van der Waals surface area contributed by atoms with Crippen LogP contribution in [0.1, 0.15) is 24.5 Å². The molecule has 1 N–H and O–H groups in total. The molecule has 0 atom stereocenters. The zero-order valence-electron chi connectivity index (χ0n) is 16.7. The minimum absolute atomic E-state index is 0.238. The number of hydrogen-bond donors (Lipinski definition) is 1. The van der Waals surface area contributed by atoms with Crippen molar-refractivity contribution in [3.8, 4) is 0 Å². The fraction of sp³-hybridized carbons (Fsp3) is 0.381. The molecule has 0 bridgehead atoms. The molecule has 1 amide bonds. The highest BCUT2D eigenvalue weighted by Crippen LogP contribution is 2.23. The molecule has 0 heterocycles. The van der Waals surface area contributed by atoms with Crippen LogP contribution in [-0.2, 0) is 27.0 Å². The Morgan fingerprint density at radius 3 is 2.48 bits per heavy atom. The van der Waals surface area contributed by atoms with Crippen LogP contribution < -0.4 is 9.62 Å². The van der Waals surface area contributed by atoms with Crippen LogP contribution in [-0.4, -0.2) is 39.4 Å². The van der Waals surface area contributed by atoms with Gasteiger partial charge in [0.2, 0.25) is 15.9 Å². The SMILES string of the molecule is CCc1ccccc1N(CC(=O)NCCCSCc1ccc(F)cc1)S(C)(=O)=O. The van der Waals surface area contributed by atoms with E-state index in [0.29, 0.717) is 18.7 Å². The molecule has 0 saturated heterocycles. The average molecular weight is 439 g/mol. The lowest BCUT2D eigenvalue weighted by Crippen LogP contribution is -2.41. The van der Waals surface area contributed by atoms with Crippen molar-refractivity contribution < 1.29 is 17.6 Å². The molecule has 2 rings (SSSR count). The lowest BCUT2D eigenvalue weighted by molar-refractivity contribution is -0.119. The summed E-state index contributed by atoms with van der Waals surface area (Å²) in [6.45, 7) is 2.18. The van der Waals surface area contributed by atoms with Gasteiger partial charge in [0.05, 0.1) is 11.9 Å². The van der Waals surface area contributed by atoms with Crippen molar-refractivity contribution in [2.75, 3.05) is 29.4 Å². The van der Waals surface area contributed by atoms with Gasteiger partial charge in [0.1, 0.15) is 12.4 Å². The molecule has 158 valence electrons. The zero-order valence-corrected chi connectivity index (χ0v) is 18.4. The van der Waals surface area contributed by atoms with Gasteiger partial charge >= 0.3 is 0 Å². The molecule has 0 aliphatic rings. The molecule has 0 fully saturated rings. The predicted molar refractivity (Wildman–Crippen MR) is 118 cm³/mol. The van der Waals surface area contributed by atoms with Crippen LogP contribution in [0.5, 0.6) is 0 Å². The molecule has 2 aromatic rings. The van der Waals surface area contributed by atoms with Crippen molar-refractivity contribution in [1.29, 1.82) is 0 Å². The third-order valence-electron chi connectivity index (χ3n) is 4.30. The maximum atomic E-state index is 12.9. The number of carbonyl (C=O) groups excluding carboxylic acids is 1. The smallest absolute Gasteiger partial charge is 0.240 e. The monoisotopic (exact) mass is 438 g/mol. The topological polar surface area (TPSA) is 66.5 Å². The van der Waals surface area contributed by atoms with Gasteiger partial charge in [0.25, 0.3) is 0 Å². The summed E-state index contributed by atoms with van der Waals surface area (Å²) >= 11 is 1.70. The predicted octanol–water partition coefficient (Wildman–Crippen LogP) is 3.59. The van der Waals surface area contributed by atoms with Crippen molar-refractivity contribution in [2.45, 2.75) is 25.5 Å². The molecule has 0 aromatic heterocycles. The number of nitrogens with zero attached hydrogens (tertiary/aromatic N) is 1. The number of thioether (sulfide) groups is 1. The van der Waals surface area contributed by atoms with Gasteiger partial charge in [-0.1, -0.05) is 37.3 Å². The Labute approximate surface area is 176 Å². The second-order valence-corrected chi connectivity index (χ2v) is 9.65. The molecular weight excluding hydrogens is 411 g/mol. The highest BCUT2D eigenvalue weighted by Gasteiger charge is 2.22. The number of nitrogens with one attached hydrogen (secondary N) is 1. The quantitative estimate of drug-likeness (QED) is 0.545. The van der Waals surface area contributed by atoms with E-state index in [4.69, 9.17) is 0 Å². The Bertz CT molecular complexity index is 902. The number of carbonyl (C=O) groups is 1. The third-order valence-corrected chi connectivity index (χ3v) is 6.54. The average Bonchev–Trinajstić information content (AvgIpc) is 2.69. The summed E-state index contributed by atoms with van der Waals surface area (Å²) in [5.41, 5.74) is 2.48. The number of benzene rings is 2. The molecule has 29 heavy (non-hydrogen) atoms. The molecule has 5 nitrogen and oxygen atoms in total. The van der Waals surface area contributed by atoms with Gasteiger partial charge in [-0.3, -0.25) is 9.10 Å². The van der Waals surface area contributed by atoms with E-state index in [-0.39, 0.29) is 18.3 Å². The van der Waals surface area contributed by atoms with Crippen LogP contribution in [0.15, 0.2) is 48.5 Å². The first kappa shape index (κ1) is 23.2. The number of amides is 1. The highest BCUT2D eigenvalue weighted by atomic mass is 32.2. The third kappa shape index (κ3) is 7.70. The summed E-state index contributed by atoms with van der Waals surface area (Å²) in [5, 5.41) is 2.79. The van der Waals surface area contributed by atoms with E-state index in [1.165, 1.54) is 12.1 Å². The summed E-state index contributed by atoms with van der Waals surface area (Å²) in [6.07, 6.45) is 2.55. The van der Waals surface area contributed by atoms with Crippen LogP contribution in [0, 0.1) is 5.82 Å². The summed E-state index contributed by atoms with van der Waals surface area (Å²) < 4.78 is 38.5. The number of anilines is 1. The maximum Gasteiger partial charge on any atom is 0.240 e. The second-order valence-electron chi connectivity index (χ2n) is 6.63. The number of para-hydroxylation sites is 1. The van der Waals surface area contributed by atoms with E-state index in [0.717, 1.165) is 39.6 Å². The Balaban J connectivity index is 1.79. The van der Waals surface area contributed by atoms with E-state index >= 15 is 0 Å². The lowest BCUT2D eigenvalue weighted by Gasteiger charge is -2.24. The van der Waals surface area contributed by atoms with Crippen LogP contribution in [0.3, 0.4) is 0 Å². The summed E-state index contributed by atoms with van der Waals surface area (Å²) in [5.74, 6) is 1.05. The van der Waals surface area contributed by atoms with Crippen LogP contribution in [0.4, 0.5) is 10.1 Å². The number of sulfonamides is 1. The number of halogens is 1. The van der Waals surface area contributed by atoms with Crippen LogP contribution in [0.25, 0.3) is 0 Å². The largest absolute Gasteiger partial charge is 0.354 e. The Hall–Kier alpha value is -2.06. The normalized spacial score (nSPS) is 11.3. The molecule has 8 heteroatoms. The minimum Gasteiger partial charge on any atom is -0.354 e. The zero-order chi connectivity index (χ0) is 21.3. The molecular formula is C21H27FN2O3S2. The van der Waals surface area contributed by atoms with Gasteiger partial charge in [-0.05, 0) is 47.9 Å². The summed E-state index contributed by atoms with van der Waals surface area (Å²) in [4.78, 5) is 12.3. The standard InChI is InChI=1S/C21H27FN2O3S2/c1-3-18-7-4-5-8-20(18)24(29(2,26)27)15-21(25)23-13-6-14-28-16-17-9-11-19(22)12-10-17/h4-5,7-12H,3,6,13-16H2,1-2H3,(H,23,25). The second kappa shape index (κ2) is 11.2. The van der Waals surface area contributed by atoms with Crippen molar-refractivity contribution in [2.24, 2.45) is 0 Å². The lowest BCUT2D eigenvalue weighted by atomic mass is 10.1. The molecule has 0 saturated carbocycles. The van der Waals surface area contributed by atoms with E-state index < -0.39 is 10.0 Å². The minimum atomic E-state index is -3.58. The molecule has 0 unspecified atom stereocenters. The highest BCUT2D eigenvalue weighted by molar-refractivity contribution is 7.98. The van der Waals surface area contributed by atoms with Gasteiger partial charge < -0.3 is 5.32 Å². The first-order valence-corrected chi connectivity index (χ1v) is 12.5. The number of aryl methyl sites for hydroxylation is 1. The van der Waals surface area contributed by atoms with Gasteiger partial charge in [0, 0.05) is 12.3 Å². The summed E-state index contributed by atoms with van der Waals surface area (Å²) in [7, 11) is -3.58. The molecule has 0 radical (unpaired) electrons. The van der Waals surface area contributed by atoms with Gasteiger partial charge in [0.15, 0.2) is 0 Å². The number of rotatable bonds is 11. The van der Waals surface area contributed by atoms with Crippen LogP contribution in [0.2, 0.25) is 0 Å². The van der Waals surface area contributed by atoms with E-state index in [1.807, 2.05) is 19.1 Å². The first-order chi connectivity index (χ1) is 13.8. The van der Waals surface area contributed by atoms with Gasteiger partial charge in [-0.15, -0.1) is 0 Å². The van der Waals surface area contributed by atoms with E-state index in [2.05, 4.69) is 5.32 Å². The van der Waals surface area contributed by atoms with Crippen LogP contribution >= 0.6 is 11.8 Å². The molecule has 2 aromatic carbocycles. The van der Waals surface area contributed by atoms with E-state index in [1.54, 1.807) is 36.0 Å². The van der Waals surface area contributed by atoms with Crippen molar-refractivity contribution in [1.82, 2.24) is 5.32 Å². The Kier molecular flexibility index (Phi) is 8.98. The number of hydrogen-bond acceptors (Lipinski definition) is 4. The van der Waals surface area contributed by atoms with Crippen molar-refractivity contribution >= 4 is 33.4 Å². The van der Waals surface area contributed by atoms with Crippen molar-refractivity contribution in [3.05, 3.63) is 65.5 Å². The fourth-order valence-corrected chi connectivity index (χ4v) is 4.60. The van der Waals surface area contributed by atoms with Gasteiger partial charge in [-0.25, -0.2) is 12.8 Å². The Morgan fingerprint density at radius 2 is 1.83 bits per heavy atom. The molecule has 0 aliphatic heterocycles. The van der Waals surface area contributed by atoms with Crippen molar-refractivity contribution in [3.63, 3.8) is 0 Å². The summed E-state index contributed by atoms with van der Waals surface area (Å²) in [6, 6.07) is 13.6. The molecule has 0 spiro atoms. The molecule has 0 aliphatic carbocycles. The Morgan fingerprint density at radius 1 is 1.14 bits per heavy atom. The maximum absolute atomic E-state index is 12.9. The van der Waals surface area contributed by atoms with Gasteiger partial charge in [-0.2, -0.15) is 11.8 Å². The first-order valence-electron chi connectivity index (χ1n) is 9.45.